The number of aromatic nitrogens is 2. The molecule has 0 fully saturated rings. The van der Waals surface area contributed by atoms with Gasteiger partial charge in [-0.2, -0.15) is 5.10 Å². The van der Waals surface area contributed by atoms with Crippen molar-refractivity contribution in [3.8, 4) is 0 Å². The van der Waals surface area contributed by atoms with Gasteiger partial charge in [0.25, 0.3) is 5.24 Å². The normalized spacial score (nSPS) is 10.3. The predicted octanol–water partition coefficient (Wildman–Crippen LogP) is 1.66. The van der Waals surface area contributed by atoms with Crippen molar-refractivity contribution in [2.24, 2.45) is 7.05 Å². The van der Waals surface area contributed by atoms with Crippen LogP contribution in [-0.4, -0.2) is 19.9 Å². The minimum atomic E-state index is -0.862. The van der Waals surface area contributed by atoms with Crippen molar-refractivity contribution in [3.05, 3.63) is 21.5 Å². The molecule has 0 saturated heterocycles. The Bertz CT molecular complexity index is 414. The van der Waals surface area contributed by atoms with Crippen LogP contribution in [0.2, 0.25) is 0 Å². The van der Waals surface area contributed by atoms with E-state index in [-0.39, 0.29) is 11.4 Å². The van der Waals surface area contributed by atoms with Crippen LogP contribution >= 0.6 is 11.6 Å². The van der Waals surface area contributed by atoms with Crippen molar-refractivity contribution in [2.45, 2.75) is 19.8 Å². The maximum atomic E-state index is 11.0. The zero-order valence-corrected chi connectivity index (χ0v) is 9.11. The third-order valence-corrected chi connectivity index (χ3v) is 2.13. The molecule has 0 spiro atoms. The number of nitrogens with zero attached hydrogens (tertiary/aromatic N) is 3. The number of rotatable bonds is 4. The zero-order valence-electron chi connectivity index (χ0n) is 8.36. The highest BCUT2D eigenvalue weighted by molar-refractivity contribution is 6.68. The van der Waals surface area contributed by atoms with Gasteiger partial charge in [0.1, 0.15) is 5.69 Å². The van der Waals surface area contributed by atoms with E-state index in [0.717, 1.165) is 4.68 Å². The van der Waals surface area contributed by atoms with Crippen molar-refractivity contribution >= 4 is 22.5 Å². The minimum absolute atomic E-state index is 0.162. The van der Waals surface area contributed by atoms with Crippen LogP contribution in [0, 0.1) is 10.1 Å². The average Bonchev–Trinajstić information content (AvgIpc) is 2.42. The summed E-state index contributed by atoms with van der Waals surface area (Å²) in [6.07, 6.45) is 1.17. The van der Waals surface area contributed by atoms with Gasteiger partial charge in [-0.05, 0) is 18.0 Å². The number of hydrogen-bond acceptors (Lipinski definition) is 4. The van der Waals surface area contributed by atoms with Crippen LogP contribution in [0.15, 0.2) is 0 Å². The van der Waals surface area contributed by atoms with Crippen LogP contribution < -0.4 is 0 Å². The second-order valence-electron chi connectivity index (χ2n) is 3.05. The molecule has 0 aliphatic rings. The van der Waals surface area contributed by atoms with E-state index < -0.39 is 10.2 Å². The summed E-state index contributed by atoms with van der Waals surface area (Å²) in [5.74, 6) is 0. The maximum absolute atomic E-state index is 11.0. The van der Waals surface area contributed by atoms with Crippen LogP contribution in [0.25, 0.3) is 0 Å². The van der Waals surface area contributed by atoms with Crippen LogP contribution in [0.3, 0.4) is 0 Å². The molecule has 1 aromatic heterocycles. The molecule has 7 heteroatoms. The van der Waals surface area contributed by atoms with E-state index in [1.165, 1.54) is 7.05 Å². The highest BCUT2D eigenvalue weighted by Gasteiger charge is 2.29. The van der Waals surface area contributed by atoms with Gasteiger partial charge in [-0.15, -0.1) is 0 Å². The molecule has 0 radical (unpaired) electrons. The average molecular weight is 232 g/mol. The Balaban J connectivity index is 3.37. The summed E-state index contributed by atoms with van der Waals surface area (Å²) in [5.41, 5.74) is -0.140. The maximum Gasteiger partial charge on any atom is 0.322 e. The van der Waals surface area contributed by atoms with E-state index in [9.17, 15) is 14.9 Å². The molecule has 0 aliphatic carbocycles. The van der Waals surface area contributed by atoms with Gasteiger partial charge in [0.05, 0.1) is 4.92 Å². The number of carbonyl (C=O) groups excluding carboxylic acids is 1. The van der Waals surface area contributed by atoms with E-state index in [4.69, 9.17) is 11.6 Å². The first-order valence-electron chi connectivity index (χ1n) is 4.39. The third kappa shape index (κ3) is 2.15. The summed E-state index contributed by atoms with van der Waals surface area (Å²) >= 11 is 5.27. The fraction of sp³-hybridized carbons (Fsp3) is 0.500. The molecular formula is C8H10ClN3O3. The molecule has 0 atom stereocenters. The molecule has 0 aromatic carbocycles. The summed E-state index contributed by atoms with van der Waals surface area (Å²) in [5, 5.41) is 13.8. The summed E-state index contributed by atoms with van der Waals surface area (Å²) in [7, 11) is 1.46. The SMILES string of the molecule is CCCc1nn(C)c(C(=O)Cl)c1[N+](=O)[O-]. The van der Waals surface area contributed by atoms with Gasteiger partial charge < -0.3 is 0 Å². The molecule has 15 heavy (non-hydrogen) atoms. The first-order chi connectivity index (χ1) is 6.99. The minimum Gasteiger partial charge on any atom is -0.274 e. The Labute approximate surface area is 91.0 Å². The van der Waals surface area contributed by atoms with Crippen LogP contribution in [0.5, 0.6) is 0 Å². The Morgan fingerprint density at radius 2 is 2.27 bits per heavy atom. The fourth-order valence-electron chi connectivity index (χ4n) is 1.39. The number of halogens is 1. The van der Waals surface area contributed by atoms with Crippen LogP contribution in [-0.2, 0) is 13.5 Å². The largest absolute Gasteiger partial charge is 0.322 e. The second-order valence-corrected chi connectivity index (χ2v) is 3.39. The van der Waals surface area contributed by atoms with E-state index in [0.29, 0.717) is 18.5 Å². The van der Waals surface area contributed by atoms with E-state index in [1.54, 1.807) is 0 Å². The standard InChI is InChI=1S/C8H10ClN3O3/c1-3-4-5-6(12(14)15)7(8(9)13)11(2)10-5/h3-4H2,1-2H3. The Kier molecular flexibility index (Phi) is 3.41. The Morgan fingerprint density at radius 1 is 1.67 bits per heavy atom. The lowest BCUT2D eigenvalue weighted by Gasteiger charge is -1.93. The fourth-order valence-corrected chi connectivity index (χ4v) is 1.60. The first kappa shape index (κ1) is 11.6. The first-order valence-corrected chi connectivity index (χ1v) is 4.76. The molecular weight excluding hydrogens is 222 g/mol. The smallest absolute Gasteiger partial charge is 0.274 e. The van der Waals surface area contributed by atoms with Crippen molar-refractivity contribution in [1.29, 1.82) is 0 Å². The van der Waals surface area contributed by atoms with Gasteiger partial charge in [0.2, 0.25) is 0 Å². The summed E-state index contributed by atoms with van der Waals surface area (Å²) < 4.78 is 1.15. The quantitative estimate of drug-likeness (QED) is 0.449. The van der Waals surface area contributed by atoms with Gasteiger partial charge in [-0.25, -0.2) is 0 Å². The molecule has 0 amide bonds. The summed E-state index contributed by atoms with van der Waals surface area (Å²) in [4.78, 5) is 21.2. The van der Waals surface area contributed by atoms with E-state index in [1.807, 2.05) is 6.92 Å². The van der Waals surface area contributed by atoms with Gasteiger partial charge >= 0.3 is 5.69 Å². The molecule has 1 aromatic rings. The highest BCUT2D eigenvalue weighted by atomic mass is 35.5. The van der Waals surface area contributed by atoms with E-state index in [2.05, 4.69) is 5.10 Å². The Morgan fingerprint density at radius 3 is 2.67 bits per heavy atom. The van der Waals surface area contributed by atoms with Crippen molar-refractivity contribution in [3.63, 3.8) is 0 Å². The lowest BCUT2D eigenvalue weighted by Crippen LogP contribution is -2.03. The number of carbonyl (C=O) groups is 1. The van der Waals surface area contributed by atoms with Gasteiger partial charge in [-0.3, -0.25) is 19.6 Å². The van der Waals surface area contributed by atoms with Crippen molar-refractivity contribution in [2.75, 3.05) is 0 Å². The lowest BCUT2D eigenvalue weighted by molar-refractivity contribution is -0.385. The highest BCUT2D eigenvalue weighted by Crippen LogP contribution is 2.25. The number of aryl methyl sites for hydroxylation is 2. The third-order valence-electron chi connectivity index (χ3n) is 1.95. The molecule has 0 bridgehead atoms. The molecule has 0 saturated carbocycles. The Hall–Kier alpha value is -1.43. The molecule has 1 rings (SSSR count). The number of nitro groups is 1. The molecule has 0 unspecified atom stereocenters. The van der Waals surface area contributed by atoms with Crippen molar-refractivity contribution < 1.29 is 9.72 Å². The molecule has 6 nitrogen and oxygen atoms in total. The summed E-state index contributed by atoms with van der Waals surface area (Å²) in [6.45, 7) is 1.88. The molecule has 1 heterocycles. The predicted molar refractivity (Wildman–Crippen MR) is 54.0 cm³/mol. The molecule has 0 N–H and O–H groups in total. The van der Waals surface area contributed by atoms with Crippen LogP contribution in [0.4, 0.5) is 5.69 Å². The van der Waals surface area contributed by atoms with Crippen molar-refractivity contribution in [1.82, 2.24) is 9.78 Å². The number of hydrogen-bond donors (Lipinski definition) is 0. The zero-order chi connectivity index (χ0) is 11.6. The molecule has 82 valence electrons. The monoisotopic (exact) mass is 231 g/mol. The summed E-state index contributed by atoms with van der Waals surface area (Å²) in [6, 6.07) is 0. The van der Waals surface area contributed by atoms with Gasteiger partial charge in [0.15, 0.2) is 5.69 Å². The van der Waals surface area contributed by atoms with E-state index >= 15 is 0 Å². The lowest BCUT2D eigenvalue weighted by atomic mass is 10.2. The van der Waals surface area contributed by atoms with Crippen LogP contribution in [0.1, 0.15) is 29.5 Å². The second kappa shape index (κ2) is 4.39. The topological polar surface area (TPSA) is 78.0 Å². The van der Waals surface area contributed by atoms with Gasteiger partial charge in [-0.1, -0.05) is 13.3 Å². The molecule has 0 aliphatic heterocycles. The van der Waals surface area contributed by atoms with Gasteiger partial charge in [0, 0.05) is 7.05 Å².